The van der Waals surface area contributed by atoms with Gasteiger partial charge in [0.15, 0.2) is 0 Å². The van der Waals surface area contributed by atoms with E-state index in [9.17, 15) is 4.79 Å². The van der Waals surface area contributed by atoms with E-state index in [2.05, 4.69) is 16.8 Å². The number of amides is 1. The molecule has 0 aromatic carbocycles. The van der Waals surface area contributed by atoms with Crippen LogP contribution < -0.4 is 5.32 Å². The van der Waals surface area contributed by atoms with Gasteiger partial charge in [-0.2, -0.15) is 0 Å². The van der Waals surface area contributed by atoms with E-state index >= 15 is 0 Å². The molecule has 118 valence electrons. The summed E-state index contributed by atoms with van der Waals surface area (Å²) in [6, 6.07) is 1.58. The van der Waals surface area contributed by atoms with Gasteiger partial charge in [0, 0.05) is 30.0 Å². The second-order valence-electron chi connectivity index (χ2n) is 6.95. The lowest BCUT2D eigenvalue weighted by atomic mass is 9.82. The van der Waals surface area contributed by atoms with Crippen molar-refractivity contribution in [2.75, 3.05) is 6.54 Å². The van der Waals surface area contributed by atoms with Gasteiger partial charge in [0.1, 0.15) is 0 Å². The molecule has 5 atom stereocenters. The van der Waals surface area contributed by atoms with E-state index in [1.165, 1.54) is 44.6 Å². The zero-order valence-electron chi connectivity index (χ0n) is 12.8. The highest BCUT2D eigenvalue weighted by Gasteiger charge is 2.45. The lowest BCUT2D eigenvalue weighted by Gasteiger charge is -2.39. The first-order valence-corrected chi connectivity index (χ1v) is 8.95. The van der Waals surface area contributed by atoms with Crippen LogP contribution in [0.15, 0.2) is 12.7 Å². The van der Waals surface area contributed by atoms with Gasteiger partial charge in [-0.1, -0.05) is 25.8 Å². The van der Waals surface area contributed by atoms with Crippen molar-refractivity contribution in [3.05, 3.63) is 12.7 Å². The summed E-state index contributed by atoms with van der Waals surface area (Å²) in [6.07, 6.45) is 11.4. The van der Waals surface area contributed by atoms with E-state index in [0.717, 1.165) is 19.4 Å². The van der Waals surface area contributed by atoms with Crippen LogP contribution in [0, 0.1) is 5.92 Å². The minimum atomic E-state index is -0.0231. The smallest absolute Gasteiger partial charge is 0.243 e. The highest BCUT2D eigenvalue weighted by Crippen LogP contribution is 2.40. The van der Waals surface area contributed by atoms with Gasteiger partial charge in [-0.05, 0) is 44.1 Å². The van der Waals surface area contributed by atoms with Gasteiger partial charge in [-0.15, -0.1) is 11.6 Å². The van der Waals surface area contributed by atoms with Crippen LogP contribution in [0.5, 0.6) is 0 Å². The predicted molar refractivity (Wildman–Crippen MR) is 86.5 cm³/mol. The molecule has 3 fully saturated rings. The molecule has 1 aliphatic heterocycles. The summed E-state index contributed by atoms with van der Waals surface area (Å²) in [6.45, 7) is 4.59. The Kier molecular flexibility index (Phi) is 4.90. The zero-order chi connectivity index (χ0) is 14.8. The van der Waals surface area contributed by atoms with Crippen LogP contribution in [-0.2, 0) is 4.79 Å². The number of alkyl halides is 1. The van der Waals surface area contributed by atoms with E-state index < -0.39 is 0 Å². The van der Waals surface area contributed by atoms with E-state index in [-0.39, 0.29) is 5.91 Å². The molecule has 3 nitrogen and oxygen atoms in total. The molecule has 3 rings (SSSR count). The minimum Gasteiger partial charge on any atom is -0.348 e. The number of nitrogens with one attached hydrogen (secondary N) is 1. The Morgan fingerprint density at radius 1 is 1.19 bits per heavy atom. The quantitative estimate of drug-likeness (QED) is 0.642. The molecule has 2 saturated carbocycles. The van der Waals surface area contributed by atoms with Crippen LogP contribution in [0.25, 0.3) is 0 Å². The Morgan fingerprint density at radius 2 is 2.00 bits per heavy atom. The van der Waals surface area contributed by atoms with Gasteiger partial charge in [0.25, 0.3) is 0 Å². The lowest BCUT2D eigenvalue weighted by molar-refractivity contribution is -0.117. The van der Waals surface area contributed by atoms with Crippen molar-refractivity contribution < 1.29 is 4.79 Å². The molecule has 2 aliphatic carbocycles. The number of likely N-dealkylation sites (tertiary alicyclic amines) is 1. The van der Waals surface area contributed by atoms with Crippen LogP contribution in [0.2, 0.25) is 0 Å². The molecular weight excluding hydrogens is 284 g/mol. The first-order valence-electron chi connectivity index (χ1n) is 8.51. The fourth-order valence-corrected chi connectivity index (χ4v) is 5.10. The standard InChI is InChI=1S/C17H27ClN2O/c1-2-17(21)19-15-11-20(13-7-5-6-12(18)10-13)16-9-4-3-8-14(15)16/h2,12-16H,1,3-11H2,(H,19,21). The van der Waals surface area contributed by atoms with Crippen molar-refractivity contribution in [1.29, 1.82) is 0 Å². The number of halogens is 1. The van der Waals surface area contributed by atoms with Crippen molar-refractivity contribution >= 4 is 17.5 Å². The fourth-order valence-electron chi connectivity index (χ4n) is 4.74. The molecule has 3 aliphatic rings. The zero-order valence-corrected chi connectivity index (χ0v) is 13.5. The molecule has 0 aromatic rings. The van der Waals surface area contributed by atoms with Crippen molar-refractivity contribution in [1.82, 2.24) is 10.2 Å². The third-order valence-corrected chi connectivity index (χ3v) is 6.09. The average molecular weight is 311 g/mol. The summed E-state index contributed by atoms with van der Waals surface area (Å²) in [4.78, 5) is 14.4. The maximum atomic E-state index is 11.7. The minimum absolute atomic E-state index is 0.0231. The topological polar surface area (TPSA) is 32.3 Å². The van der Waals surface area contributed by atoms with Crippen molar-refractivity contribution in [3.63, 3.8) is 0 Å². The van der Waals surface area contributed by atoms with E-state index in [0.29, 0.717) is 29.4 Å². The lowest BCUT2D eigenvalue weighted by Crippen LogP contribution is -2.44. The summed E-state index contributed by atoms with van der Waals surface area (Å²) in [7, 11) is 0. The first kappa shape index (κ1) is 15.4. The number of carbonyl (C=O) groups is 1. The third kappa shape index (κ3) is 3.29. The molecule has 0 bridgehead atoms. The third-order valence-electron chi connectivity index (χ3n) is 5.70. The summed E-state index contributed by atoms with van der Waals surface area (Å²) in [5.41, 5.74) is 0. The second kappa shape index (κ2) is 6.70. The van der Waals surface area contributed by atoms with Crippen molar-refractivity contribution in [3.8, 4) is 0 Å². The monoisotopic (exact) mass is 310 g/mol. The summed E-state index contributed by atoms with van der Waals surface area (Å²) < 4.78 is 0. The highest BCUT2D eigenvalue weighted by molar-refractivity contribution is 6.20. The van der Waals surface area contributed by atoms with Gasteiger partial charge >= 0.3 is 0 Å². The maximum Gasteiger partial charge on any atom is 0.243 e. The molecule has 4 heteroatoms. The molecule has 0 spiro atoms. The molecular formula is C17H27ClN2O. The number of fused-ring (bicyclic) bond motifs is 1. The molecule has 1 amide bonds. The fraction of sp³-hybridized carbons (Fsp3) is 0.824. The molecule has 5 unspecified atom stereocenters. The summed E-state index contributed by atoms with van der Waals surface area (Å²) in [5, 5.41) is 3.52. The molecule has 1 saturated heterocycles. The average Bonchev–Trinajstić information content (AvgIpc) is 2.86. The van der Waals surface area contributed by atoms with Crippen LogP contribution >= 0.6 is 11.6 Å². The number of hydrogen-bond acceptors (Lipinski definition) is 2. The van der Waals surface area contributed by atoms with Gasteiger partial charge in [0.2, 0.25) is 5.91 Å². The normalized spacial score (nSPS) is 40.5. The van der Waals surface area contributed by atoms with Crippen LogP contribution in [-0.4, -0.2) is 40.9 Å². The maximum absolute atomic E-state index is 11.7. The molecule has 1 N–H and O–H groups in total. The largest absolute Gasteiger partial charge is 0.348 e. The Bertz CT molecular complexity index is 400. The highest BCUT2D eigenvalue weighted by atomic mass is 35.5. The summed E-state index contributed by atoms with van der Waals surface area (Å²) in [5.74, 6) is 0.600. The molecule has 0 radical (unpaired) electrons. The Balaban J connectivity index is 1.71. The van der Waals surface area contributed by atoms with E-state index in [4.69, 9.17) is 11.6 Å². The number of nitrogens with zero attached hydrogens (tertiary/aromatic N) is 1. The Labute approximate surface area is 133 Å². The van der Waals surface area contributed by atoms with Gasteiger partial charge in [0.05, 0.1) is 0 Å². The summed E-state index contributed by atoms with van der Waals surface area (Å²) >= 11 is 6.40. The first-order chi connectivity index (χ1) is 10.2. The van der Waals surface area contributed by atoms with Crippen LogP contribution in [0.3, 0.4) is 0 Å². The SMILES string of the molecule is C=CC(=O)NC1CN(C2CCCC(Cl)C2)C2CCCCC12. The molecule has 0 aromatic heterocycles. The van der Waals surface area contributed by atoms with Gasteiger partial charge in [-0.25, -0.2) is 0 Å². The van der Waals surface area contributed by atoms with Crippen LogP contribution in [0.4, 0.5) is 0 Å². The van der Waals surface area contributed by atoms with E-state index in [1.807, 2.05) is 0 Å². The van der Waals surface area contributed by atoms with Gasteiger partial charge < -0.3 is 5.32 Å². The number of carbonyl (C=O) groups excluding carboxylic acids is 1. The Hall–Kier alpha value is -0.540. The van der Waals surface area contributed by atoms with Gasteiger partial charge in [-0.3, -0.25) is 9.69 Å². The predicted octanol–water partition coefficient (Wildman–Crippen LogP) is 3.08. The van der Waals surface area contributed by atoms with E-state index in [1.54, 1.807) is 0 Å². The van der Waals surface area contributed by atoms with Crippen molar-refractivity contribution in [2.24, 2.45) is 5.92 Å². The van der Waals surface area contributed by atoms with Crippen LogP contribution in [0.1, 0.15) is 51.4 Å². The number of rotatable bonds is 3. The molecule has 21 heavy (non-hydrogen) atoms. The Morgan fingerprint density at radius 3 is 2.76 bits per heavy atom. The second-order valence-corrected chi connectivity index (χ2v) is 7.57. The van der Waals surface area contributed by atoms with Crippen molar-refractivity contribution in [2.45, 2.75) is 74.9 Å². The number of hydrogen-bond donors (Lipinski definition) is 1. The molecule has 1 heterocycles.